The number of H-pyrrole nitrogens is 1. The topological polar surface area (TPSA) is 81.7 Å². The molecule has 0 unspecified atom stereocenters. The molecule has 1 fully saturated rings. The average Bonchev–Trinajstić information content (AvgIpc) is 3.34. The Hall–Kier alpha value is -3.43. The summed E-state index contributed by atoms with van der Waals surface area (Å²) in [4.78, 5) is 9.87. The lowest BCUT2D eigenvalue weighted by atomic mass is 10.1. The largest absolute Gasteiger partial charge is 0.355 e. The fourth-order valence-electron chi connectivity index (χ4n) is 3.39. The number of hydrogen-bond acceptors (Lipinski definition) is 4. The maximum absolute atomic E-state index is 13.0. The van der Waals surface area contributed by atoms with Crippen molar-refractivity contribution in [1.29, 1.82) is 5.26 Å². The summed E-state index contributed by atoms with van der Waals surface area (Å²) >= 11 is 0. The molecule has 2 aromatic heterocycles. The first kappa shape index (κ1) is 18.0. The van der Waals surface area contributed by atoms with Gasteiger partial charge >= 0.3 is 0 Å². The lowest BCUT2D eigenvalue weighted by Gasteiger charge is -2.16. The van der Waals surface area contributed by atoms with Crippen LogP contribution in [-0.2, 0) is 0 Å². The van der Waals surface area contributed by atoms with Crippen LogP contribution in [-0.4, -0.2) is 29.1 Å². The Morgan fingerprint density at radius 3 is 2.75 bits per heavy atom. The summed E-state index contributed by atoms with van der Waals surface area (Å²) in [5.74, 6) is 0.567. The van der Waals surface area contributed by atoms with Gasteiger partial charge in [0, 0.05) is 36.6 Å². The first-order valence-electron chi connectivity index (χ1n) is 9.16. The number of anilines is 1. The summed E-state index contributed by atoms with van der Waals surface area (Å²) in [5, 5.41) is 9.51. The number of pyridine rings is 1. The molecule has 1 aliphatic rings. The molecular formula is C22H20FN5. The Labute approximate surface area is 162 Å². The van der Waals surface area contributed by atoms with E-state index in [1.807, 2.05) is 30.4 Å². The number of rotatable bonds is 4. The molecule has 0 amide bonds. The van der Waals surface area contributed by atoms with Gasteiger partial charge in [-0.3, -0.25) is 4.98 Å². The highest BCUT2D eigenvalue weighted by molar-refractivity contribution is 5.73. The molecule has 1 aliphatic heterocycles. The number of nitriles is 1. The molecule has 28 heavy (non-hydrogen) atoms. The van der Waals surface area contributed by atoms with Crippen molar-refractivity contribution in [2.75, 3.05) is 18.0 Å². The molecule has 3 N–H and O–H groups in total. The van der Waals surface area contributed by atoms with Gasteiger partial charge in [-0.2, -0.15) is 5.26 Å². The zero-order valence-corrected chi connectivity index (χ0v) is 15.3. The number of aromatic nitrogens is 2. The van der Waals surface area contributed by atoms with Crippen LogP contribution in [0.4, 0.5) is 10.2 Å². The number of hydrogen-bond donors (Lipinski definition) is 2. The van der Waals surface area contributed by atoms with E-state index < -0.39 is 0 Å². The maximum Gasteiger partial charge on any atom is 0.124 e. The highest BCUT2D eigenvalue weighted by Gasteiger charge is 2.23. The summed E-state index contributed by atoms with van der Waals surface area (Å²) in [6.45, 7) is 1.59. The maximum atomic E-state index is 13.0. The second kappa shape index (κ2) is 7.67. The number of nitrogens with zero attached hydrogens (tertiary/aromatic N) is 3. The van der Waals surface area contributed by atoms with Crippen LogP contribution in [0.3, 0.4) is 0 Å². The predicted octanol–water partition coefficient (Wildman–Crippen LogP) is 3.80. The minimum atomic E-state index is -0.257. The van der Waals surface area contributed by atoms with Gasteiger partial charge in [-0.1, -0.05) is 18.2 Å². The second-order valence-electron chi connectivity index (χ2n) is 6.91. The van der Waals surface area contributed by atoms with Crippen molar-refractivity contribution in [1.82, 2.24) is 9.97 Å². The molecule has 0 spiro atoms. The van der Waals surface area contributed by atoms with E-state index in [2.05, 4.69) is 20.9 Å². The molecule has 0 radical (unpaired) electrons. The van der Waals surface area contributed by atoms with Crippen molar-refractivity contribution in [3.8, 4) is 17.3 Å². The first-order valence-corrected chi connectivity index (χ1v) is 9.16. The quantitative estimate of drug-likeness (QED) is 0.729. The van der Waals surface area contributed by atoms with Crippen LogP contribution in [0.15, 0.2) is 48.7 Å². The Morgan fingerprint density at radius 2 is 2.04 bits per heavy atom. The summed E-state index contributed by atoms with van der Waals surface area (Å²) in [5.41, 5.74) is 10.1. The van der Waals surface area contributed by atoms with Crippen LogP contribution in [0.25, 0.3) is 23.4 Å². The van der Waals surface area contributed by atoms with Crippen molar-refractivity contribution >= 4 is 18.0 Å². The van der Waals surface area contributed by atoms with Crippen LogP contribution >= 0.6 is 0 Å². The lowest BCUT2D eigenvalue weighted by molar-refractivity contribution is 0.628. The number of nitrogens with two attached hydrogens (primary N) is 1. The van der Waals surface area contributed by atoms with Gasteiger partial charge in [-0.15, -0.1) is 0 Å². The molecule has 3 heterocycles. The Morgan fingerprint density at radius 1 is 1.21 bits per heavy atom. The molecule has 1 saturated heterocycles. The Balaban J connectivity index is 1.60. The molecular weight excluding hydrogens is 353 g/mol. The minimum Gasteiger partial charge on any atom is -0.355 e. The van der Waals surface area contributed by atoms with Gasteiger partial charge in [0.2, 0.25) is 0 Å². The third-order valence-corrected chi connectivity index (χ3v) is 4.87. The first-order chi connectivity index (χ1) is 13.6. The van der Waals surface area contributed by atoms with Gasteiger partial charge in [0.05, 0.1) is 11.3 Å². The standard InChI is InChI=1S/C22H20FN5/c23-18-4-1-15(2-5-18)3-6-20-11-16(7-9-26-20)21-12-17(13-24)22(27-21)28-10-8-19(25)14-28/h1-7,9,11-12,19,27H,8,10,14,25H2/b6-3+/t19-/m0/s1. The average molecular weight is 373 g/mol. The van der Waals surface area contributed by atoms with Gasteiger partial charge in [-0.25, -0.2) is 4.39 Å². The number of aromatic amines is 1. The van der Waals surface area contributed by atoms with Gasteiger partial charge in [-0.05, 0) is 48.4 Å². The van der Waals surface area contributed by atoms with E-state index in [4.69, 9.17) is 5.73 Å². The summed E-state index contributed by atoms with van der Waals surface area (Å²) in [6, 6.07) is 14.4. The fraction of sp³-hybridized carbons (Fsp3) is 0.182. The van der Waals surface area contributed by atoms with Gasteiger partial charge in [0.1, 0.15) is 17.7 Å². The summed E-state index contributed by atoms with van der Waals surface area (Å²) < 4.78 is 13.0. The second-order valence-corrected chi connectivity index (χ2v) is 6.91. The third-order valence-electron chi connectivity index (χ3n) is 4.87. The molecule has 1 atom stereocenters. The Bertz CT molecular complexity index is 1050. The van der Waals surface area contributed by atoms with Crippen molar-refractivity contribution in [2.24, 2.45) is 5.73 Å². The Kier molecular flexibility index (Phi) is 4.92. The summed E-state index contributed by atoms with van der Waals surface area (Å²) in [7, 11) is 0. The third kappa shape index (κ3) is 3.80. The lowest BCUT2D eigenvalue weighted by Crippen LogP contribution is -2.26. The van der Waals surface area contributed by atoms with E-state index in [1.165, 1.54) is 12.1 Å². The van der Waals surface area contributed by atoms with E-state index in [0.29, 0.717) is 5.56 Å². The minimum absolute atomic E-state index is 0.141. The van der Waals surface area contributed by atoms with Crippen LogP contribution in [0.2, 0.25) is 0 Å². The van der Waals surface area contributed by atoms with Crippen molar-refractivity contribution in [3.63, 3.8) is 0 Å². The van der Waals surface area contributed by atoms with E-state index in [9.17, 15) is 9.65 Å². The molecule has 5 nitrogen and oxygen atoms in total. The smallest absolute Gasteiger partial charge is 0.124 e. The number of halogens is 1. The zero-order chi connectivity index (χ0) is 19.5. The molecule has 0 bridgehead atoms. The molecule has 6 heteroatoms. The highest BCUT2D eigenvalue weighted by Crippen LogP contribution is 2.29. The zero-order valence-electron chi connectivity index (χ0n) is 15.3. The monoisotopic (exact) mass is 373 g/mol. The normalized spacial score (nSPS) is 16.6. The van der Waals surface area contributed by atoms with Crippen molar-refractivity contribution in [3.05, 3.63) is 71.3 Å². The number of nitrogens with one attached hydrogen (secondary N) is 1. The van der Waals surface area contributed by atoms with E-state index >= 15 is 0 Å². The SMILES string of the molecule is N#Cc1cc(-c2ccnc(/C=C/c3ccc(F)cc3)c2)[nH]c1N1CC[C@H](N)C1. The van der Waals surface area contributed by atoms with Crippen LogP contribution in [0, 0.1) is 17.1 Å². The molecule has 4 rings (SSSR count). The molecule has 0 saturated carbocycles. The van der Waals surface area contributed by atoms with Crippen molar-refractivity contribution < 1.29 is 4.39 Å². The van der Waals surface area contributed by atoms with Crippen molar-refractivity contribution in [2.45, 2.75) is 12.5 Å². The molecule has 3 aromatic rings. The van der Waals surface area contributed by atoms with Crippen LogP contribution in [0.1, 0.15) is 23.2 Å². The van der Waals surface area contributed by atoms with E-state index in [1.54, 1.807) is 18.3 Å². The van der Waals surface area contributed by atoms with Gasteiger partial charge < -0.3 is 15.6 Å². The van der Waals surface area contributed by atoms with Crippen LogP contribution in [0.5, 0.6) is 0 Å². The van der Waals surface area contributed by atoms with E-state index in [-0.39, 0.29) is 11.9 Å². The van der Waals surface area contributed by atoms with Gasteiger partial charge in [0.25, 0.3) is 0 Å². The molecule has 140 valence electrons. The highest BCUT2D eigenvalue weighted by atomic mass is 19.1. The van der Waals surface area contributed by atoms with Crippen LogP contribution < -0.4 is 10.6 Å². The fourth-order valence-corrected chi connectivity index (χ4v) is 3.39. The number of benzene rings is 1. The molecule has 0 aliphatic carbocycles. The van der Waals surface area contributed by atoms with Gasteiger partial charge in [0.15, 0.2) is 0 Å². The molecule has 1 aromatic carbocycles. The van der Waals surface area contributed by atoms with E-state index in [0.717, 1.165) is 47.8 Å². The predicted molar refractivity (Wildman–Crippen MR) is 109 cm³/mol. The summed E-state index contributed by atoms with van der Waals surface area (Å²) in [6.07, 6.45) is 6.42.